The van der Waals surface area contributed by atoms with Crippen molar-refractivity contribution in [2.24, 2.45) is 0 Å². The number of nitrogens with zero attached hydrogens (tertiary/aromatic N) is 2. The quantitative estimate of drug-likeness (QED) is 0.0438. The normalized spacial score (nSPS) is 16.3. The first kappa shape index (κ1) is 39.5. The van der Waals surface area contributed by atoms with E-state index in [0.29, 0.717) is 35.2 Å². The lowest BCUT2D eigenvalue weighted by molar-refractivity contribution is -0.141. The molecule has 12 heteroatoms. The third-order valence-corrected chi connectivity index (χ3v) is 10.7. The number of thioether (sulfide) groups is 1. The highest BCUT2D eigenvalue weighted by Gasteiger charge is 2.45. The SMILES string of the molecule is CC(OCCSc1cccc2c1C(=O)N(C1CCC(=O)NC1=O)C2=O)C(=O)N(C)CCOc1ccc(/C(=C(/CCCl)c2ccccc2)c2ccccc2)cc1. The molecule has 0 aromatic heterocycles. The van der Waals surface area contributed by atoms with Crippen molar-refractivity contribution in [3.05, 3.63) is 131 Å². The summed E-state index contributed by atoms with van der Waals surface area (Å²) in [6, 6.07) is 32.5. The Morgan fingerprint density at radius 3 is 2.22 bits per heavy atom. The summed E-state index contributed by atoms with van der Waals surface area (Å²) in [6.07, 6.45) is 0.135. The zero-order valence-electron chi connectivity index (χ0n) is 30.7. The predicted molar refractivity (Wildman–Crippen MR) is 213 cm³/mol. The molecule has 0 bridgehead atoms. The fourth-order valence-corrected chi connectivity index (χ4v) is 7.86. The number of nitrogens with one attached hydrogen (secondary N) is 1. The van der Waals surface area contributed by atoms with Gasteiger partial charge in [-0.2, -0.15) is 0 Å². The number of likely N-dealkylation sites (N-methyl/N-ethyl adjacent to an activating group) is 1. The monoisotopic (exact) mass is 779 g/mol. The number of ether oxygens (including phenoxy) is 2. The summed E-state index contributed by atoms with van der Waals surface area (Å²) in [7, 11) is 1.70. The van der Waals surface area contributed by atoms with Gasteiger partial charge in [0.2, 0.25) is 11.8 Å². The molecule has 0 radical (unpaired) electrons. The molecule has 2 aliphatic rings. The van der Waals surface area contributed by atoms with Crippen molar-refractivity contribution in [3.8, 4) is 5.75 Å². The van der Waals surface area contributed by atoms with Gasteiger partial charge in [0, 0.05) is 30.0 Å². The molecule has 2 atom stereocenters. The smallest absolute Gasteiger partial charge is 0.263 e. The van der Waals surface area contributed by atoms with Crippen LogP contribution in [0.1, 0.15) is 63.6 Å². The molecule has 1 saturated heterocycles. The standard InChI is InChI=1S/C43H42ClN3O7S/c1-28(53-26-27-55-36-15-9-14-34-39(36)43(52)47(42(34)51)35-20-21-37(48)45-40(35)49)41(50)46(2)24-25-54-32-18-16-31(17-19-32)38(30-12-7-4-8-13-30)33(22-23-44)29-10-5-3-6-11-29/h3-19,28,35H,20-27H2,1-2H3,(H,45,48,49)/b38-33-. The lowest BCUT2D eigenvalue weighted by Crippen LogP contribution is -2.54. The topological polar surface area (TPSA) is 122 Å². The number of halogens is 1. The van der Waals surface area contributed by atoms with Gasteiger partial charge in [0.15, 0.2) is 0 Å². The third kappa shape index (κ3) is 9.19. The number of imide groups is 2. The van der Waals surface area contributed by atoms with Crippen molar-refractivity contribution in [3.63, 3.8) is 0 Å². The van der Waals surface area contributed by atoms with Crippen LogP contribution >= 0.6 is 23.4 Å². The Hall–Kier alpha value is -5.23. The number of amides is 5. The number of hydrogen-bond acceptors (Lipinski definition) is 8. The maximum absolute atomic E-state index is 13.4. The van der Waals surface area contributed by atoms with Crippen LogP contribution in [0.25, 0.3) is 11.1 Å². The zero-order valence-corrected chi connectivity index (χ0v) is 32.2. The van der Waals surface area contributed by atoms with Gasteiger partial charge in [-0.05, 0) is 71.9 Å². The fourth-order valence-electron chi connectivity index (χ4n) is 6.76. The molecule has 0 aliphatic carbocycles. The lowest BCUT2D eigenvalue weighted by atomic mass is 9.88. The van der Waals surface area contributed by atoms with Gasteiger partial charge in [-0.1, -0.05) is 78.9 Å². The highest BCUT2D eigenvalue weighted by Crippen LogP contribution is 2.36. The largest absolute Gasteiger partial charge is 0.492 e. The minimum atomic E-state index is -1.03. The molecular formula is C43H42ClN3O7S. The van der Waals surface area contributed by atoms with E-state index in [1.54, 1.807) is 37.1 Å². The Morgan fingerprint density at radius 1 is 0.873 bits per heavy atom. The number of allylic oxidation sites excluding steroid dienone is 1. The van der Waals surface area contributed by atoms with E-state index in [-0.39, 0.29) is 43.1 Å². The number of alkyl halides is 1. The first-order chi connectivity index (χ1) is 26.7. The first-order valence-corrected chi connectivity index (χ1v) is 19.7. The molecule has 4 aromatic carbocycles. The van der Waals surface area contributed by atoms with Gasteiger partial charge in [-0.3, -0.25) is 34.2 Å². The van der Waals surface area contributed by atoms with Gasteiger partial charge < -0.3 is 14.4 Å². The number of benzene rings is 4. The van der Waals surface area contributed by atoms with Gasteiger partial charge in [-0.15, -0.1) is 23.4 Å². The molecule has 55 heavy (non-hydrogen) atoms. The Balaban J connectivity index is 0.994. The van der Waals surface area contributed by atoms with Crippen molar-refractivity contribution < 1.29 is 33.4 Å². The highest BCUT2D eigenvalue weighted by molar-refractivity contribution is 7.99. The first-order valence-electron chi connectivity index (χ1n) is 18.1. The Morgan fingerprint density at radius 2 is 1.55 bits per heavy atom. The number of fused-ring (bicyclic) bond motifs is 1. The molecule has 2 aliphatic heterocycles. The minimum absolute atomic E-state index is 0.0522. The summed E-state index contributed by atoms with van der Waals surface area (Å²) in [4.78, 5) is 66.7. The molecule has 284 valence electrons. The molecular weight excluding hydrogens is 738 g/mol. The van der Waals surface area contributed by atoms with Crippen molar-refractivity contribution in [2.45, 2.75) is 43.2 Å². The van der Waals surface area contributed by atoms with E-state index >= 15 is 0 Å². The molecule has 4 aromatic rings. The second-order valence-electron chi connectivity index (χ2n) is 13.1. The summed E-state index contributed by atoms with van der Waals surface area (Å²) in [5, 5.41) is 2.21. The molecule has 1 fully saturated rings. The average Bonchev–Trinajstić information content (AvgIpc) is 3.46. The second kappa shape index (κ2) is 18.4. The molecule has 2 unspecified atom stereocenters. The van der Waals surface area contributed by atoms with Gasteiger partial charge >= 0.3 is 0 Å². The van der Waals surface area contributed by atoms with E-state index in [2.05, 4.69) is 29.6 Å². The van der Waals surface area contributed by atoms with Gasteiger partial charge in [0.25, 0.3) is 17.7 Å². The van der Waals surface area contributed by atoms with Gasteiger partial charge in [-0.25, -0.2) is 0 Å². The molecule has 0 spiro atoms. The van der Waals surface area contributed by atoms with Crippen molar-refractivity contribution in [1.82, 2.24) is 15.1 Å². The van der Waals surface area contributed by atoms with Crippen molar-refractivity contribution >= 4 is 64.0 Å². The molecule has 6 rings (SSSR count). The maximum Gasteiger partial charge on any atom is 0.263 e. The molecule has 2 heterocycles. The van der Waals surface area contributed by atoms with E-state index in [0.717, 1.165) is 27.2 Å². The lowest BCUT2D eigenvalue weighted by Gasteiger charge is -2.27. The van der Waals surface area contributed by atoms with Crippen LogP contribution in [0.2, 0.25) is 0 Å². The van der Waals surface area contributed by atoms with E-state index in [1.807, 2.05) is 60.7 Å². The number of rotatable bonds is 16. The summed E-state index contributed by atoms with van der Waals surface area (Å²) in [6.45, 7) is 2.54. The Kier molecular flexibility index (Phi) is 13.2. The van der Waals surface area contributed by atoms with Gasteiger partial charge in [0.05, 0.1) is 24.3 Å². The molecule has 0 saturated carbocycles. The average molecular weight is 780 g/mol. The van der Waals surface area contributed by atoms with Crippen LogP contribution in [-0.4, -0.2) is 89.9 Å². The van der Waals surface area contributed by atoms with E-state index in [9.17, 15) is 24.0 Å². The van der Waals surface area contributed by atoms with Crippen LogP contribution in [0.4, 0.5) is 0 Å². The van der Waals surface area contributed by atoms with E-state index in [1.165, 1.54) is 17.3 Å². The van der Waals surface area contributed by atoms with Crippen LogP contribution in [0.3, 0.4) is 0 Å². The maximum atomic E-state index is 13.4. The summed E-state index contributed by atoms with van der Waals surface area (Å²) >= 11 is 7.62. The summed E-state index contributed by atoms with van der Waals surface area (Å²) in [5.41, 5.74) is 6.01. The molecule has 10 nitrogen and oxygen atoms in total. The second-order valence-corrected chi connectivity index (χ2v) is 14.7. The van der Waals surface area contributed by atoms with E-state index in [4.69, 9.17) is 21.1 Å². The van der Waals surface area contributed by atoms with Crippen LogP contribution in [0.5, 0.6) is 5.75 Å². The predicted octanol–water partition coefficient (Wildman–Crippen LogP) is 6.71. The number of carbonyl (C=O) groups excluding carboxylic acids is 5. The minimum Gasteiger partial charge on any atom is -0.492 e. The third-order valence-electron chi connectivity index (χ3n) is 9.53. The van der Waals surface area contributed by atoms with Crippen LogP contribution in [-0.2, 0) is 19.1 Å². The number of hydrogen-bond donors (Lipinski definition) is 1. The summed E-state index contributed by atoms with van der Waals surface area (Å²) in [5.74, 6) is -0.801. The summed E-state index contributed by atoms with van der Waals surface area (Å²) < 4.78 is 11.9. The van der Waals surface area contributed by atoms with E-state index < -0.39 is 35.8 Å². The van der Waals surface area contributed by atoms with Crippen molar-refractivity contribution in [2.75, 3.05) is 38.4 Å². The molecule has 5 amide bonds. The molecule has 1 N–H and O–H groups in total. The highest BCUT2D eigenvalue weighted by atomic mass is 35.5. The zero-order chi connectivity index (χ0) is 38.9. The fraction of sp³-hybridized carbons (Fsp3) is 0.279. The van der Waals surface area contributed by atoms with Gasteiger partial charge in [0.1, 0.15) is 24.5 Å². The van der Waals surface area contributed by atoms with Crippen LogP contribution in [0, 0.1) is 0 Å². The number of piperidine rings is 1. The van der Waals surface area contributed by atoms with Crippen LogP contribution in [0.15, 0.2) is 108 Å². The Labute approximate surface area is 329 Å². The van der Waals surface area contributed by atoms with Crippen molar-refractivity contribution in [1.29, 1.82) is 0 Å². The Bertz CT molecular complexity index is 2080. The van der Waals surface area contributed by atoms with Crippen LogP contribution < -0.4 is 10.1 Å². The number of carbonyl (C=O) groups is 5.